The van der Waals surface area contributed by atoms with Crippen LogP contribution in [0, 0.1) is 0 Å². The van der Waals surface area contributed by atoms with Crippen LogP contribution in [-0.4, -0.2) is 6.86 Å². The Hall–Kier alpha value is -0.760. The van der Waals surface area contributed by atoms with Crippen molar-refractivity contribution in [1.82, 2.24) is 0 Å². The molecule has 0 aliphatic heterocycles. The van der Waals surface area contributed by atoms with Crippen molar-refractivity contribution >= 4 is 11.6 Å². The van der Waals surface area contributed by atoms with Gasteiger partial charge in [0.1, 0.15) is 5.75 Å². The molecule has 0 spiro atoms. The van der Waals surface area contributed by atoms with Gasteiger partial charge in [-0.15, -0.1) is 0 Å². The van der Waals surface area contributed by atoms with Crippen molar-refractivity contribution in [1.29, 1.82) is 0 Å². The van der Waals surface area contributed by atoms with E-state index in [0.717, 1.165) is 5.56 Å². The molecule has 0 N–H and O–H groups in total. The summed E-state index contributed by atoms with van der Waals surface area (Å²) in [5.41, 5.74) is 1.05. The van der Waals surface area contributed by atoms with Gasteiger partial charge in [0, 0.05) is 5.02 Å². The van der Waals surface area contributed by atoms with Gasteiger partial charge in [-0.05, 0) is 23.6 Å². The number of hydrogen-bond acceptors (Lipinski definition) is 1. The summed E-state index contributed by atoms with van der Waals surface area (Å²) < 4.78 is 16.5. The van der Waals surface area contributed by atoms with Gasteiger partial charge in [-0.1, -0.05) is 31.5 Å². The molecule has 1 rings (SSSR count). The summed E-state index contributed by atoms with van der Waals surface area (Å²) >= 11 is 5.96. The first-order valence-electron chi connectivity index (χ1n) is 4.13. The summed E-state index contributed by atoms with van der Waals surface area (Å²) in [6, 6.07) is 5.22. The largest absolute Gasteiger partial charge is 0.463 e. The first-order valence-corrected chi connectivity index (χ1v) is 4.51. The summed E-state index contributed by atoms with van der Waals surface area (Å²) in [6.45, 7) is 3.28. The third-order valence-corrected chi connectivity index (χ3v) is 2.14. The Morgan fingerprint density at radius 1 is 1.46 bits per heavy atom. The van der Waals surface area contributed by atoms with Crippen LogP contribution in [0.2, 0.25) is 5.02 Å². The summed E-state index contributed by atoms with van der Waals surface area (Å²) in [6.07, 6.45) is 0. The molecule has 72 valence electrons. The fourth-order valence-corrected chi connectivity index (χ4v) is 1.52. The van der Waals surface area contributed by atoms with E-state index in [9.17, 15) is 4.39 Å². The molecule has 0 bridgehead atoms. The van der Waals surface area contributed by atoms with Gasteiger partial charge in [-0.25, -0.2) is 4.39 Å². The van der Waals surface area contributed by atoms with Gasteiger partial charge in [-0.3, -0.25) is 0 Å². The van der Waals surface area contributed by atoms with E-state index in [-0.39, 0.29) is 0 Å². The van der Waals surface area contributed by atoms with Gasteiger partial charge in [-0.2, -0.15) is 0 Å². The predicted octanol–water partition coefficient (Wildman–Crippen LogP) is 3.77. The Balaban J connectivity index is 2.92. The summed E-state index contributed by atoms with van der Waals surface area (Å²) in [4.78, 5) is 0. The average molecular weight is 203 g/mol. The first kappa shape index (κ1) is 10.3. The molecule has 1 aromatic carbocycles. The van der Waals surface area contributed by atoms with E-state index in [1.165, 1.54) is 0 Å². The van der Waals surface area contributed by atoms with Crippen LogP contribution in [0.5, 0.6) is 5.75 Å². The van der Waals surface area contributed by atoms with Crippen molar-refractivity contribution in [3.8, 4) is 5.75 Å². The monoisotopic (exact) mass is 202 g/mol. The molecule has 0 aromatic heterocycles. The third-order valence-electron chi connectivity index (χ3n) is 1.82. The van der Waals surface area contributed by atoms with E-state index in [1.807, 2.05) is 6.07 Å². The second-order valence-electron chi connectivity index (χ2n) is 3.09. The third kappa shape index (κ3) is 2.59. The fourth-order valence-electron chi connectivity index (χ4n) is 1.13. The Labute approximate surface area is 82.5 Å². The molecule has 0 radical (unpaired) electrons. The van der Waals surface area contributed by atoms with Gasteiger partial charge < -0.3 is 4.74 Å². The zero-order valence-corrected chi connectivity index (χ0v) is 8.44. The molecule has 13 heavy (non-hydrogen) atoms. The van der Waals surface area contributed by atoms with Crippen molar-refractivity contribution in [2.45, 2.75) is 19.8 Å². The van der Waals surface area contributed by atoms with Gasteiger partial charge in [0.05, 0.1) is 0 Å². The molecule has 0 heterocycles. The normalized spacial score (nSPS) is 10.5. The lowest BCUT2D eigenvalue weighted by atomic mass is 10.0. The SMILES string of the molecule is CC(C)c1ccc(OCF)cc1Cl. The van der Waals surface area contributed by atoms with Crippen LogP contribution in [0.4, 0.5) is 4.39 Å². The van der Waals surface area contributed by atoms with E-state index in [2.05, 4.69) is 18.6 Å². The molecule has 1 nitrogen and oxygen atoms in total. The topological polar surface area (TPSA) is 9.23 Å². The minimum atomic E-state index is -0.822. The smallest absolute Gasteiger partial charge is 0.228 e. The maximum absolute atomic E-state index is 11.8. The lowest BCUT2D eigenvalue weighted by molar-refractivity contribution is 0.192. The maximum Gasteiger partial charge on any atom is 0.228 e. The van der Waals surface area contributed by atoms with Crippen LogP contribution in [-0.2, 0) is 0 Å². The average Bonchev–Trinajstić information content (AvgIpc) is 2.04. The molecule has 0 unspecified atom stereocenters. The lowest BCUT2D eigenvalue weighted by Gasteiger charge is -2.09. The minimum absolute atomic E-state index is 0.368. The second kappa shape index (κ2) is 4.47. The van der Waals surface area contributed by atoms with E-state index in [4.69, 9.17) is 11.6 Å². The van der Waals surface area contributed by atoms with Crippen LogP contribution in [0.25, 0.3) is 0 Å². The zero-order valence-electron chi connectivity index (χ0n) is 7.68. The highest BCUT2D eigenvalue weighted by Gasteiger charge is 2.05. The van der Waals surface area contributed by atoms with Crippen molar-refractivity contribution in [2.24, 2.45) is 0 Å². The highest BCUT2D eigenvalue weighted by molar-refractivity contribution is 6.31. The fraction of sp³-hybridized carbons (Fsp3) is 0.400. The quantitative estimate of drug-likeness (QED) is 0.725. The number of rotatable bonds is 3. The molecule has 1 aromatic rings. The number of benzene rings is 1. The highest BCUT2D eigenvalue weighted by Crippen LogP contribution is 2.27. The Bertz CT molecular complexity index is 286. The van der Waals surface area contributed by atoms with Crippen molar-refractivity contribution < 1.29 is 9.13 Å². The molecule has 3 heteroatoms. The van der Waals surface area contributed by atoms with E-state index >= 15 is 0 Å². The first-order chi connectivity index (χ1) is 6.15. The van der Waals surface area contributed by atoms with Gasteiger partial charge in [0.2, 0.25) is 6.86 Å². The molecular weight excluding hydrogens is 191 g/mol. The van der Waals surface area contributed by atoms with Crippen LogP contribution < -0.4 is 4.74 Å². The number of halogens is 2. The van der Waals surface area contributed by atoms with E-state index < -0.39 is 6.86 Å². The number of hydrogen-bond donors (Lipinski definition) is 0. The lowest BCUT2D eigenvalue weighted by Crippen LogP contribution is -1.93. The van der Waals surface area contributed by atoms with Gasteiger partial charge in [0.15, 0.2) is 0 Å². The summed E-state index contributed by atoms with van der Waals surface area (Å²) in [7, 11) is 0. The molecular formula is C10H12ClFO. The van der Waals surface area contributed by atoms with Crippen molar-refractivity contribution in [2.75, 3.05) is 6.86 Å². The highest BCUT2D eigenvalue weighted by atomic mass is 35.5. The number of ether oxygens (including phenoxy) is 1. The van der Waals surface area contributed by atoms with Crippen LogP contribution in [0.15, 0.2) is 18.2 Å². The molecule has 0 fully saturated rings. The van der Waals surface area contributed by atoms with Gasteiger partial charge in [0.25, 0.3) is 0 Å². The van der Waals surface area contributed by atoms with E-state index in [1.54, 1.807) is 12.1 Å². The molecule has 0 aliphatic rings. The van der Waals surface area contributed by atoms with Crippen LogP contribution in [0.1, 0.15) is 25.3 Å². The predicted molar refractivity (Wildman–Crippen MR) is 52.1 cm³/mol. The second-order valence-corrected chi connectivity index (χ2v) is 3.50. The van der Waals surface area contributed by atoms with Crippen LogP contribution in [0.3, 0.4) is 0 Å². The standard InChI is InChI=1S/C10H12ClFO/c1-7(2)9-4-3-8(13-6-12)5-10(9)11/h3-5,7H,6H2,1-2H3. The molecule has 0 aliphatic carbocycles. The summed E-state index contributed by atoms with van der Waals surface area (Å²) in [5, 5.41) is 0.626. The Kier molecular flexibility index (Phi) is 3.55. The van der Waals surface area contributed by atoms with Crippen molar-refractivity contribution in [3.63, 3.8) is 0 Å². The van der Waals surface area contributed by atoms with Crippen molar-refractivity contribution in [3.05, 3.63) is 28.8 Å². The summed E-state index contributed by atoms with van der Waals surface area (Å²) in [5.74, 6) is 0.837. The van der Waals surface area contributed by atoms with Crippen LogP contribution >= 0.6 is 11.6 Å². The van der Waals surface area contributed by atoms with E-state index in [0.29, 0.717) is 16.7 Å². The molecule has 0 saturated carbocycles. The number of alkyl halides is 1. The zero-order chi connectivity index (χ0) is 9.84. The van der Waals surface area contributed by atoms with Gasteiger partial charge >= 0.3 is 0 Å². The Morgan fingerprint density at radius 2 is 2.15 bits per heavy atom. The minimum Gasteiger partial charge on any atom is -0.463 e. The Morgan fingerprint density at radius 3 is 2.62 bits per heavy atom. The maximum atomic E-state index is 11.8. The molecule has 0 saturated heterocycles. The molecule has 0 amide bonds. The molecule has 0 atom stereocenters.